The molecule has 1 heterocycles. The molecule has 0 radical (unpaired) electrons. The highest BCUT2D eigenvalue weighted by Gasteiger charge is 2.34. The van der Waals surface area contributed by atoms with E-state index in [4.69, 9.17) is 25.8 Å². The zero-order valence-electron chi connectivity index (χ0n) is 17.6. The molecule has 9 heteroatoms. The Balaban J connectivity index is 1.78. The predicted molar refractivity (Wildman–Crippen MR) is 117 cm³/mol. The van der Waals surface area contributed by atoms with Crippen molar-refractivity contribution in [2.75, 3.05) is 13.2 Å². The Morgan fingerprint density at radius 3 is 2.41 bits per heavy atom. The summed E-state index contributed by atoms with van der Waals surface area (Å²) >= 11 is 5.85. The average Bonchev–Trinajstić information content (AvgIpc) is 2.79. The quantitative estimate of drug-likeness (QED) is 0.587. The molecular weight excluding hydrogens is 436 g/mol. The second kappa shape index (κ2) is 10.7. The Hall–Kier alpha value is -3.52. The molecule has 2 aromatic rings. The van der Waals surface area contributed by atoms with Crippen LogP contribution in [-0.2, 0) is 19.1 Å². The number of urea groups is 1. The van der Waals surface area contributed by atoms with Gasteiger partial charge in [-0.3, -0.25) is 0 Å². The summed E-state index contributed by atoms with van der Waals surface area (Å²) in [7, 11) is 0. The highest BCUT2D eigenvalue weighted by molar-refractivity contribution is 6.30. The van der Waals surface area contributed by atoms with Gasteiger partial charge in [0.15, 0.2) is 6.10 Å². The number of halogens is 1. The van der Waals surface area contributed by atoms with Crippen molar-refractivity contribution in [2.24, 2.45) is 0 Å². The molecule has 2 unspecified atom stereocenters. The van der Waals surface area contributed by atoms with Gasteiger partial charge in [-0.15, -0.1) is 0 Å². The molecule has 0 aliphatic carbocycles. The number of rotatable bonds is 8. The van der Waals surface area contributed by atoms with Crippen LogP contribution in [0.15, 0.2) is 65.9 Å². The number of nitrogens with one attached hydrogen (secondary N) is 2. The van der Waals surface area contributed by atoms with Gasteiger partial charge in [0.2, 0.25) is 0 Å². The van der Waals surface area contributed by atoms with Crippen molar-refractivity contribution >= 4 is 29.6 Å². The van der Waals surface area contributed by atoms with E-state index in [0.29, 0.717) is 16.3 Å². The van der Waals surface area contributed by atoms with Gasteiger partial charge in [0.25, 0.3) is 0 Å². The Morgan fingerprint density at radius 2 is 1.75 bits per heavy atom. The van der Waals surface area contributed by atoms with E-state index in [1.807, 2.05) is 6.07 Å². The van der Waals surface area contributed by atoms with Gasteiger partial charge in [-0.2, -0.15) is 0 Å². The third-order valence-electron chi connectivity index (χ3n) is 4.60. The first-order valence-corrected chi connectivity index (χ1v) is 10.4. The van der Waals surface area contributed by atoms with Crippen LogP contribution in [0, 0.1) is 0 Å². The number of carbonyl (C=O) groups is 3. The van der Waals surface area contributed by atoms with Crippen molar-refractivity contribution < 1.29 is 28.6 Å². The largest absolute Gasteiger partial charge is 0.479 e. The molecule has 0 saturated carbocycles. The minimum absolute atomic E-state index is 0.146. The van der Waals surface area contributed by atoms with Crippen LogP contribution in [0.4, 0.5) is 4.79 Å². The number of ether oxygens (including phenoxy) is 3. The minimum atomic E-state index is -0.926. The molecule has 32 heavy (non-hydrogen) atoms. The molecule has 1 aliphatic heterocycles. The third kappa shape index (κ3) is 5.79. The van der Waals surface area contributed by atoms with Gasteiger partial charge in [0.05, 0.1) is 23.9 Å². The maximum Gasteiger partial charge on any atom is 0.347 e. The van der Waals surface area contributed by atoms with Crippen molar-refractivity contribution in [3.05, 3.63) is 76.5 Å². The molecule has 0 aromatic heterocycles. The molecule has 3 rings (SSSR count). The maximum atomic E-state index is 12.7. The van der Waals surface area contributed by atoms with E-state index in [1.165, 1.54) is 6.92 Å². The van der Waals surface area contributed by atoms with Crippen LogP contribution < -0.4 is 15.4 Å². The summed E-state index contributed by atoms with van der Waals surface area (Å²) in [5.74, 6) is -0.838. The van der Waals surface area contributed by atoms with Crippen LogP contribution >= 0.6 is 11.6 Å². The number of hydrogen-bond donors (Lipinski definition) is 2. The minimum Gasteiger partial charge on any atom is -0.479 e. The van der Waals surface area contributed by atoms with Gasteiger partial charge >= 0.3 is 18.0 Å². The lowest BCUT2D eigenvalue weighted by Crippen LogP contribution is -2.47. The van der Waals surface area contributed by atoms with Crippen molar-refractivity contribution in [2.45, 2.75) is 26.0 Å². The highest BCUT2D eigenvalue weighted by atomic mass is 35.5. The molecule has 0 bridgehead atoms. The van der Waals surface area contributed by atoms with Crippen LogP contribution in [-0.4, -0.2) is 37.3 Å². The fraction of sp³-hybridized carbons (Fsp3) is 0.261. The monoisotopic (exact) mass is 458 g/mol. The molecule has 2 amide bonds. The summed E-state index contributed by atoms with van der Waals surface area (Å²) in [4.78, 5) is 37.4. The molecule has 168 valence electrons. The second-order valence-corrected chi connectivity index (χ2v) is 7.31. The molecule has 2 N–H and O–H groups in total. The number of esters is 2. The summed E-state index contributed by atoms with van der Waals surface area (Å²) in [6.07, 6.45) is -0.926. The van der Waals surface area contributed by atoms with E-state index in [2.05, 4.69) is 10.6 Å². The van der Waals surface area contributed by atoms with E-state index in [-0.39, 0.29) is 24.5 Å². The zero-order valence-corrected chi connectivity index (χ0v) is 18.3. The lowest BCUT2D eigenvalue weighted by atomic mass is 9.95. The van der Waals surface area contributed by atoms with Crippen molar-refractivity contribution in [1.29, 1.82) is 0 Å². The van der Waals surface area contributed by atoms with Gasteiger partial charge in [0, 0.05) is 5.02 Å². The summed E-state index contributed by atoms with van der Waals surface area (Å²) in [5, 5.41) is 5.81. The van der Waals surface area contributed by atoms with Crippen LogP contribution in [0.2, 0.25) is 5.02 Å². The average molecular weight is 459 g/mol. The molecule has 2 aromatic carbocycles. The topological polar surface area (TPSA) is 103 Å². The Labute approximate surface area is 190 Å². The van der Waals surface area contributed by atoms with E-state index >= 15 is 0 Å². The van der Waals surface area contributed by atoms with Crippen LogP contribution in [0.3, 0.4) is 0 Å². The van der Waals surface area contributed by atoms with Crippen LogP contribution in [0.5, 0.6) is 5.75 Å². The fourth-order valence-electron chi connectivity index (χ4n) is 3.10. The van der Waals surface area contributed by atoms with E-state index in [0.717, 1.165) is 0 Å². The number of carbonyl (C=O) groups excluding carboxylic acids is 3. The second-order valence-electron chi connectivity index (χ2n) is 6.88. The molecular formula is C23H23ClN2O6. The van der Waals surface area contributed by atoms with Crippen LogP contribution in [0.1, 0.15) is 25.5 Å². The zero-order chi connectivity index (χ0) is 23.1. The summed E-state index contributed by atoms with van der Waals surface area (Å²) in [6.45, 7) is 3.03. The van der Waals surface area contributed by atoms with Crippen molar-refractivity contribution in [1.82, 2.24) is 10.6 Å². The maximum absolute atomic E-state index is 12.7. The Morgan fingerprint density at radius 1 is 1.06 bits per heavy atom. The summed E-state index contributed by atoms with van der Waals surface area (Å²) in [6, 6.07) is 14.2. The summed E-state index contributed by atoms with van der Waals surface area (Å²) < 4.78 is 16.1. The van der Waals surface area contributed by atoms with Crippen molar-refractivity contribution in [3.8, 4) is 5.75 Å². The first-order valence-electron chi connectivity index (χ1n) is 10.0. The SMILES string of the molecule is CCOC(=O)C1=C(COC(=O)C(C)Oc2ccc(Cl)cc2)NC(=O)NC1c1ccccc1. The lowest BCUT2D eigenvalue weighted by Gasteiger charge is -2.29. The molecule has 0 spiro atoms. The van der Waals surface area contributed by atoms with Crippen LogP contribution in [0.25, 0.3) is 0 Å². The van der Waals surface area contributed by atoms with E-state index < -0.39 is 30.1 Å². The van der Waals surface area contributed by atoms with Gasteiger partial charge in [-0.1, -0.05) is 41.9 Å². The van der Waals surface area contributed by atoms with Gasteiger partial charge in [0.1, 0.15) is 12.4 Å². The standard InChI is InChI=1S/C23H23ClN2O6/c1-3-30-22(28)19-18(25-23(29)26-20(19)15-7-5-4-6-8-15)13-31-21(27)14(2)32-17-11-9-16(24)10-12-17/h4-12,14,20H,3,13H2,1-2H3,(H2,25,26,29). The van der Waals surface area contributed by atoms with E-state index in [9.17, 15) is 14.4 Å². The Bertz CT molecular complexity index is 1010. The van der Waals surface area contributed by atoms with E-state index in [1.54, 1.807) is 55.5 Å². The normalized spacial score (nSPS) is 16.5. The highest BCUT2D eigenvalue weighted by Crippen LogP contribution is 2.28. The number of benzene rings is 2. The molecule has 1 aliphatic rings. The summed E-state index contributed by atoms with van der Waals surface area (Å²) in [5.41, 5.74) is 0.999. The van der Waals surface area contributed by atoms with Gasteiger partial charge in [-0.25, -0.2) is 14.4 Å². The number of amides is 2. The molecule has 0 fully saturated rings. The predicted octanol–water partition coefficient (Wildman–Crippen LogP) is 3.52. The van der Waals surface area contributed by atoms with Crippen molar-refractivity contribution in [3.63, 3.8) is 0 Å². The van der Waals surface area contributed by atoms with Gasteiger partial charge in [-0.05, 0) is 43.7 Å². The first-order chi connectivity index (χ1) is 15.4. The third-order valence-corrected chi connectivity index (χ3v) is 4.85. The first kappa shape index (κ1) is 23.1. The molecule has 8 nitrogen and oxygen atoms in total. The molecule has 2 atom stereocenters. The smallest absolute Gasteiger partial charge is 0.347 e. The Kier molecular flexibility index (Phi) is 7.72. The molecule has 0 saturated heterocycles. The van der Waals surface area contributed by atoms with Gasteiger partial charge < -0.3 is 24.8 Å². The fourth-order valence-corrected chi connectivity index (χ4v) is 3.23. The number of hydrogen-bond acceptors (Lipinski definition) is 6. The lowest BCUT2D eigenvalue weighted by molar-refractivity contribution is -0.150.